The number of hydrogen-bond donors (Lipinski definition) is 5. The Morgan fingerprint density at radius 1 is 1.28 bits per heavy atom. The number of aromatic hydroxyl groups is 1. The Morgan fingerprint density at radius 3 is 2.60 bits per heavy atom. The number of aryl methyl sites for hydroxylation is 1. The van der Waals surface area contributed by atoms with E-state index in [1.807, 2.05) is 13.0 Å². The van der Waals surface area contributed by atoms with Crippen LogP contribution in [0.5, 0.6) is 5.75 Å². The molecule has 1 heterocycles. The van der Waals surface area contributed by atoms with Crippen LogP contribution in [0.2, 0.25) is 5.02 Å². The summed E-state index contributed by atoms with van der Waals surface area (Å²) < 4.78 is 0. The Morgan fingerprint density at radius 2 is 2.00 bits per heavy atom. The summed E-state index contributed by atoms with van der Waals surface area (Å²) in [5.41, 5.74) is 2.23. The van der Waals surface area contributed by atoms with Crippen LogP contribution < -0.4 is 10.8 Å². The van der Waals surface area contributed by atoms with Crippen LogP contribution in [-0.4, -0.2) is 32.2 Å². The van der Waals surface area contributed by atoms with Gasteiger partial charge < -0.3 is 15.5 Å². The van der Waals surface area contributed by atoms with E-state index in [-0.39, 0.29) is 17.7 Å². The van der Waals surface area contributed by atoms with E-state index in [0.29, 0.717) is 5.02 Å². The number of carbonyl (C=O) groups excluding carboxylic acids is 2. The molecular formula is C16H16ClN3O5. The van der Waals surface area contributed by atoms with Crippen LogP contribution in [0.1, 0.15) is 37.5 Å². The van der Waals surface area contributed by atoms with Gasteiger partial charge in [-0.15, -0.1) is 0 Å². The van der Waals surface area contributed by atoms with Crippen molar-refractivity contribution in [2.45, 2.75) is 20.1 Å². The number of aliphatic hydroxyl groups excluding tert-OH is 1. The van der Waals surface area contributed by atoms with E-state index >= 15 is 0 Å². The molecule has 1 aromatic heterocycles. The number of nitrogens with zero attached hydrogens (tertiary/aromatic N) is 1. The highest BCUT2D eigenvalue weighted by Crippen LogP contribution is 2.24. The summed E-state index contributed by atoms with van der Waals surface area (Å²) in [7, 11) is 0. The first-order chi connectivity index (χ1) is 11.9. The molecule has 0 aliphatic rings. The van der Waals surface area contributed by atoms with Crippen LogP contribution in [0.25, 0.3) is 0 Å². The molecule has 0 unspecified atom stereocenters. The fourth-order valence-electron chi connectivity index (χ4n) is 2.14. The highest BCUT2D eigenvalue weighted by atomic mass is 35.5. The molecule has 0 aliphatic carbocycles. The molecule has 0 fully saturated rings. The number of aromatic nitrogens is 1. The van der Waals surface area contributed by atoms with Crippen molar-refractivity contribution in [1.29, 1.82) is 0 Å². The lowest BCUT2D eigenvalue weighted by molar-refractivity contribution is 0.0696. The summed E-state index contributed by atoms with van der Waals surface area (Å²) in [5, 5.41) is 31.2. The Balaban J connectivity index is 2.22. The molecule has 0 spiro atoms. The molecule has 0 atom stereocenters. The molecule has 0 radical (unpaired) electrons. The van der Waals surface area contributed by atoms with Gasteiger partial charge in [0.25, 0.3) is 11.8 Å². The molecule has 2 rings (SSSR count). The summed E-state index contributed by atoms with van der Waals surface area (Å²) in [5.74, 6) is -2.34. The van der Waals surface area contributed by atoms with E-state index in [9.17, 15) is 19.8 Å². The highest BCUT2D eigenvalue weighted by Gasteiger charge is 2.22. The Bertz CT molecular complexity index is 826. The van der Waals surface area contributed by atoms with Crippen molar-refractivity contribution in [2.24, 2.45) is 0 Å². The van der Waals surface area contributed by atoms with Crippen molar-refractivity contribution in [3.63, 3.8) is 0 Å². The fraction of sp³-hybridized carbons (Fsp3) is 0.188. The van der Waals surface area contributed by atoms with Crippen molar-refractivity contribution in [1.82, 2.24) is 15.8 Å². The Labute approximate surface area is 148 Å². The van der Waals surface area contributed by atoms with Crippen LogP contribution >= 0.6 is 11.6 Å². The van der Waals surface area contributed by atoms with Gasteiger partial charge in [-0.05, 0) is 24.1 Å². The van der Waals surface area contributed by atoms with Gasteiger partial charge in [-0.25, -0.2) is 10.5 Å². The third-order valence-electron chi connectivity index (χ3n) is 3.57. The maximum atomic E-state index is 12.3. The zero-order chi connectivity index (χ0) is 18.6. The molecule has 0 saturated heterocycles. The second kappa shape index (κ2) is 7.93. The van der Waals surface area contributed by atoms with Crippen LogP contribution in [0.3, 0.4) is 0 Å². The third kappa shape index (κ3) is 4.05. The van der Waals surface area contributed by atoms with Gasteiger partial charge in [0.05, 0.1) is 12.2 Å². The van der Waals surface area contributed by atoms with Crippen molar-refractivity contribution < 1.29 is 25.0 Å². The highest BCUT2D eigenvalue weighted by molar-refractivity contribution is 6.31. The first-order valence-corrected chi connectivity index (χ1v) is 7.56. The zero-order valence-corrected chi connectivity index (χ0v) is 14.0. The molecule has 132 valence electrons. The van der Waals surface area contributed by atoms with E-state index in [0.717, 1.165) is 17.3 Å². The maximum Gasteiger partial charge on any atom is 0.297 e. The number of benzene rings is 1. The Kier molecular flexibility index (Phi) is 5.92. The van der Waals surface area contributed by atoms with Crippen LogP contribution in [0.4, 0.5) is 0 Å². The number of amides is 2. The second-order valence-electron chi connectivity index (χ2n) is 5.21. The summed E-state index contributed by atoms with van der Waals surface area (Å²) >= 11 is 6.03. The molecule has 1 aromatic carbocycles. The lowest BCUT2D eigenvalue weighted by atomic mass is 10.1. The summed E-state index contributed by atoms with van der Waals surface area (Å²) in [4.78, 5) is 27.3. The molecular weight excluding hydrogens is 350 g/mol. The van der Waals surface area contributed by atoms with Crippen molar-refractivity contribution in [3.05, 3.63) is 57.4 Å². The number of halogens is 1. The molecule has 0 saturated carbocycles. The molecule has 2 amide bonds. The van der Waals surface area contributed by atoms with Gasteiger partial charge in [-0.2, -0.15) is 0 Å². The van der Waals surface area contributed by atoms with Gasteiger partial charge in [0.15, 0.2) is 11.4 Å². The molecule has 0 bridgehead atoms. The number of rotatable bonds is 5. The molecule has 2 aromatic rings. The Hall–Kier alpha value is -2.68. The average molecular weight is 366 g/mol. The maximum absolute atomic E-state index is 12.3. The number of nitrogens with one attached hydrogen (secondary N) is 2. The number of hydroxylamine groups is 1. The lowest BCUT2D eigenvalue weighted by Gasteiger charge is -2.12. The van der Waals surface area contributed by atoms with Crippen LogP contribution in [0.15, 0.2) is 24.4 Å². The van der Waals surface area contributed by atoms with Gasteiger partial charge in [-0.1, -0.05) is 23.7 Å². The topological polar surface area (TPSA) is 132 Å². The number of pyridine rings is 1. The lowest BCUT2D eigenvalue weighted by Crippen LogP contribution is -2.26. The first kappa shape index (κ1) is 18.7. The second-order valence-corrected chi connectivity index (χ2v) is 5.62. The van der Waals surface area contributed by atoms with Gasteiger partial charge in [0.1, 0.15) is 0 Å². The van der Waals surface area contributed by atoms with E-state index in [1.54, 1.807) is 12.1 Å². The van der Waals surface area contributed by atoms with E-state index < -0.39 is 29.9 Å². The van der Waals surface area contributed by atoms with Crippen molar-refractivity contribution in [2.75, 3.05) is 0 Å². The molecule has 8 nitrogen and oxygen atoms in total. The predicted molar refractivity (Wildman–Crippen MR) is 88.4 cm³/mol. The van der Waals surface area contributed by atoms with Crippen molar-refractivity contribution >= 4 is 23.4 Å². The van der Waals surface area contributed by atoms with Gasteiger partial charge in [-0.3, -0.25) is 14.8 Å². The monoisotopic (exact) mass is 365 g/mol. The molecule has 0 aliphatic heterocycles. The quantitative estimate of drug-likeness (QED) is 0.400. The first-order valence-electron chi connectivity index (χ1n) is 7.18. The van der Waals surface area contributed by atoms with Gasteiger partial charge in [0.2, 0.25) is 0 Å². The number of hydrogen-bond acceptors (Lipinski definition) is 6. The van der Waals surface area contributed by atoms with Crippen molar-refractivity contribution in [3.8, 4) is 5.75 Å². The smallest absolute Gasteiger partial charge is 0.297 e. The SMILES string of the molecule is Cc1ccc(CNC(=O)c2cnc(C(=O)NO)c(O)c2CO)cc1Cl. The third-order valence-corrected chi connectivity index (χ3v) is 3.97. The normalized spacial score (nSPS) is 10.4. The molecule has 5 N–H and O–H groups in total. The molecule has 25 heavy (non-hydrogen) atoms. The van der Waals surface area contributed by atoms with E-state index in [2.05, 4.69) is 10.3 Å². The minimum Gasteiger partial charge on any atom is -0.505 e. The van der Waals surface area contributed by atoms with E-state index in [1.165, 1.54) is 5.48 Å². The largest absolute Gasteiger partial charge is 0.505 e. The van der Waals surface area contributed by atoms with Crippen LogP contribution in [-0.2, 0) is 13.2 Å². The summed E-state index contributed by atoms with van der Waals surface area (Å²) in [6.45, 7) is 1.33. The summed E-state index contributed by atoms with van der Waals surface area (Å²) in [6.07, 6.45) is 1.04. The zero-order valence-electron chi connectivity index (χ0n) is 13.2. The average Bonchev–Trinajstić information content (AvgIpc) is 2.61. The predicted octanol–water partition coefficient (Wildman–Crippen LogP) is 1.29. The number of aliphatic hydroxyl groups is 1. The summed E-state index contributed by atoms with van der Waals surface area (Å²) in [6, 6.07) is 5.34. The fourth-order valence-corrected chi connectivity index (χ4v) is 2.34. The molecule has 9 heteroatoms. The van der Waals surface area contributed by atoms with Gasteiger partial charge >= 0.3 is 0 Å². The minimum absolute atomic E-state index is 0.0901. The minimum atomic E-state index is -1.06. The van der Waals surface area contributed by atoms with E-state index in [4.69, 9.17) is 16.8 Å². The number of carbonyl (C=O) groups is 2. The standard InChI is InChI=1S/C16H16ClN3O5/c1-8-2-3-9(4-12(8)17)5-19-15(23)10-6-18-13(16(24)20-25)14(22)11(10)7-21/h2-4,6,21-22,25H,5,7H2,1H3,(H,19,23)(H,20,24). The van der Waals surface area contributed by atoms with Gasteiger partial charge in [0, 0.05) is 23.3 Å². The van der Waals surface area contributed by atoms with Crippen LogP contribution in [0, 0.1) is 6.92 Å².